The Morgan fingerprint density at radius 3 is 2.35 bits per heavy atom. The molecule has 9 heteroatoms. The Hall–Kier alpha value is -3.59. The summed E-state index contributed by atoms with van der Waals surface area (Å²) < 4.78 is 39.0. The number of carbonyl (C=O) groups excluding carboxylic acids is 1. The lowest BCUT2D eigenvalue weighted by Gasteiger charge is -2.33. The highest BCUT2D eigenvalue weighted by Crippen LogP contribution is 2.34. The Morgan fingerprint density at radius 1 is 1.03 bits per heavy atom. The second-order valence-corrected chi connectivity index (χ2v) is 10.1. The minimum atomic E-state index is -0.670. The normalized spacial score (nSPS) is 14.5. The Balaban J connectivity index is 1.43. The molecule has 0 radical (unpaired) electrons. The highest BCUT2D eigenvalue weighted by atomic mass is 19.1. The number of carbonyl (C=O) groups is 1. The number of benzene rings is 2. The fourth-order valence-corrected chi connectivity index (χ4v) is 4.27. The summed E-state index contributed by atoms with van der Waals surface area (Å²) in [5, 5.41) is 0. The van der Waals surface area contributed by atoms with Crippen LogP contribution in [0.5, 0.6) is 0 Å². The maximum Gasteiger partial charge on any atom is 0.332 e. The molecule has 0 spiro atoms. The predicted molar refractivity (Wildman–Crippen MR) is 138 cm³/mol. The van der Waals surface area contributed by atoms with Crippen molar-refractivity contribution in [2.75, 3.05) is 36.1 Å². The summed E-state index contributed by atoms with van der Waals surface area (Å²) in [5.41, 5.74) is 0.496. The molecule has 0 atom stereocenters. The fraction of sp³-hybridized carbons (Fsp3) is 0.393. The first-order valence-electron chi connectivity index (χ1n) is 12.4. The van der Waals surface area contributed by atoms with Gasteiger partial charge in [-0.25, -0.2) is 18.6 Å². The van der Waals surface area contributed by atoms with Crippen molar-refractivity contribution in [2.24, 2.45) is 5.92 Å². The van der Waals surface area contributed by atoms with Crippen LogP contribution in [0.3, 0.4) is 0 Å². The lowest BCUT2D eigenvalue weighted by atomic mass is 9.98. The van der Waals surface area contributed by atoms with E-state index in [4.69, 9.17) is 14.5 Å². The average Bonchev–Trinajstić information content (AvgIpc) is 2.84. The molecule has 0 N–H and O–H groups in total. The number of hydrogen-bond donors (Lipinski definition) is 0. The summed E-state index contributed by atoms with van der Waals surface area (Å²) >= 11 is 0. The largest absolute Gasteiger partial charge is 0.458 e. The number of piperidine rings is 1. The van der Waals surface area contributed by atoms with Gasteiger partial charge in [0.2, 0.25) is 0 Å². The molecule has 0 saturated carbocycles. The van der Waals surface area contributed by atoms with Crippen LogP contribution in [0, 0.1) is 17.6 Å². The molecule has 0 unspecified atom stereocenters. The lowest BCUT2D eigenvalue weighted by molar-refractivity contribution is -0.160. The van der Waals surface area contributed by atoms with Crippen molar-refractivity contribution in [1.82, 2.24) is 9.97 Å². The van der Waals surface area contributed by atoms with Crippen molar-refractivity contribution in [2.45, 2.75) is 39.2 Å². The van der Waals surface area contributed by atoms with Gasteiger partial charge in [-0.1, -0.05) is 18.2 Å². The third-order valence-corrected chi connectivity index (χ3v) is 5.89. The van der Waals surface area contributed by atoms with E-state index >= 15 is 0 Å². The minimum absolute atomic E-state index is 0.0546. The van der Waals surface area contributed by atoms with Crippen LogP contribution >= 0.6 is 0 Å². The Morgan fingerprint density at radius 2 is 1.70 bits per heavy atom. The number of ether oxygens (including phenoxy) is 2. The van der Waals surface area contributed by atoms with E-state index in [9.17, 15) is 13.6 Å². The summed E-state index contributed by atoms with van der Waals surface area (Å²) in [6.45, 7) is 7.42. The zero-order chi connectivity index (χ0) is 26.4. The molecule has 1 aliphatic rings. The van der Waals surface area contributed by atoms with Crippen LogP contribution in [-0.4, -0.2) is 47.8 Å². The Bertz CT molecular complexity index is 1180. The molecule has 1 saturated heterocycles. The third-order valence-electron chi connectivity index (χ3n) is 5.89. The Kier molecular flexibility index (Phi) is 8.33. The van der Waals surface area contributed by atoms with Crippen molar-refractivity contribution in [3.63, 3.8) is 0 Å². The van der Waals surface area contributed by atoms with Crippen LogP contribution in [0.25, 0.3) is 0 Å². The van der Waals surface area contributed by atoms with Crippen LogP contribution in [0.15, 0.2) is 60.9 Å². The SMILES string of the molecule is CC(C)(C)OC(=O)COCC1CCN(c2cncc(N(c3ccccc3)c3cc(F)cc(F)c3)n2)CC1. The van der Waals surface area contributed by atoms with Gasteiger partial charge in [-0.05, 0) is 63.8 Å². The first-order valence-corrected chi connectivity index (χ1v) is 12.4. The highest BCUT2D eigenvalue weighted by Gasteiger charge is 2.23. The molecule has 0 bridgehead atoms. The first-order chi connectivity index (χ1) is 17.7. The van der Waals surface area contributed by atoms with E-state index in [0.29, 0.717) is 35.5 Å². The molecule has 196 valence electrons. The third kappa shape index (κ3) is 7.45. The van der Waals surface area contributed by atoms with Crippen LogP contribution in [0.1, 0.15) is 33.6 Å². The maximum absolute atomic E-state index is 14.1. The molecule has 1 fully saturated rings. The van der Waals surface area contributed by atoms with Gasteiger partial charge in [0.15, 0.2) is 5.82 Å². The molecule has 7 nitrogen and oxygen atoms in total. The van der Waals surface area contributed by atoms with Crippen LogP contribution in [0.4, 0.5) is 31.8 Å². The summed E-state index contributed by atoms with van der Waals surface area (Å²) in [5.74, 6) is -0.240. The molecule has 37 heavy (non-hydrogen) atoms. The summed E-state index contributed by atoms with van der Waals surface area (Å²) in [4.78, 5) is 24.9. The molecule has 4 rings (SSSR count). The second kappa shape index (κ2) is 11.6. The average molecular weight is 511 g/mol. The van der Waals surface area contributed by atoms with Crippen molar-refractivity contribution < 1.29 is 23.0 Å². The van der Waals surface area contributed by atoms with Gasteiger partial charge in [0.1, 0.15) is 29.7 Å². The van der Waals surface area contributed by atoms with Crippen molar-refractivity contribution >= 4 is 29.0 Å². The van der Waals surface area contributed by atoms with Crippen LogP contribution in [0.2, 0.25) is 0 Å². The van der Waals surface area contributed by atoms with Crippen molar-refractivity contribution in [3.05, 3.63) is 72.6 Å². The number of rotatable bonds is 8. The number of hydrogen-bond acceptors (Lipinski definition) is 7. The van der Waals surface area contributed by atoms with Gasteiger partial charge in [0.25, 0.3) is 0 Å². The first kappa shape index (κ1) is 26.5. The highest BCUT2D eigenvalue weighted by molar-refractivity contribution is 5.74. The van der Waals surface area contributed by atoms with E-state index in [1.54, 1.807) is 17.3 Å². The molecule has 0 amide bonds. The number of nitrogens with zero attached hydrogens (tertiary/aromatic N) is 4. The quantitative estimate of drug-likeness (QED) is 0.355. The predicted octanol–water partition coefficient (Wildman–Crippen LogP) is 5.80. The maximum atomic E-state index is 14.1. The zero-order valence-electron chi connectivity index (χ0n) is 21.4. The lowest BCUT2D eigenvalue weighted by Crippen LogP contribution is -2.36. The van der Waals surface area contributed by atoms with Gasteiger partial charge < -0.3 is 14.4 Å². The summed E-state index contributed by atoms with van der Waals surface area (Å²) in [7, 11) is 0. The zero-order valence-corrected chi connectivity index (χ0v) is 21.4. The molecule has 1 aromatic heterocycles. The smallest absolute Gasteiger partial charge is 0.332 e. The molecule has 2 aromatic carbocycles. The standard InChI is InChI=1S/C28H32F2N4O3/c1-28(2,3)37-27(35)19-36-18-20-9-11-33(12-10-20)25-16-31-17-26(32-25)34(23-7-5-4-6-8-23)24-14-21(29)13-22(30)15-24/h4-8,13-17,20H,9-12,18-19H2,1-3H3. The molecular formula is C28H32F2N4O3. The number of aromatic nitrogens is 2. The van der Waals surface area contributed by atoms with Gasteiger partial charge in [-0.15, -0.1) is 0 Å². The molecule has 1 aliphatic heterocycles. The van der Waals surface area contributed by atoms with E-state index in [0.717, 1.165) is 32.0 Å². The van der Waals surface area contributed by atoms with Gasteiger partial charge in [0, 0.05) is 24.8 Å². The number of halogens is 2. The van der Waals surface area contributed by atoms with Crippen molar-refractivity contribution in [3.8, 4) is 0 Å². The topological polar surface area (TPSA) is 67.8 Å². The summed E-state index contributed by atoms with van der Waals surface area (Å²) in [6, 6.07) is 12.7. The number of esters is 1. The number of para-hydroxylation sites is 1. The van der Waals surface area contributed by atoms with Gasteiger partial charge >= 0.3 is 5.97 Å². The second-order valence-electron chi connectivity index (χ2n) is 10.1. The van der Waals surface area contributed by atoms with Crippen LogP contribution < -0.4 is 9.80 Å². The minimum Gasteiger partial charge on any atom is -0.458 e. The van der Waals surface area contributed by atoms with E-state index in [1.165, 1.54) is 12.1 Å². The van der Waals surface area contributed by atoms with Crippen molar-refractivity contribution in [1.29, 1.82) is 0 Å². The Labute approximate surface area is 216 Å². The molecule has 0 aliphatic carbocycles. The van der Waals surface area contributed by atoms with E-state index in [2.05, 4.69) is 9.88 Å². The number of anilines is 4. The fourth-order valence-electron chi connectivity index (χ4n) is 4.27. The van der Waals surface area contributed by atoms with Gasteiger partial charge in [-0.2, -0.15) is 0 Å². The van der Waals surface area contributed by atoms with Gasteiger partial charge in [0.05, 0.1) is 24.7 Å². The monoisotopic (exact) mass is 510 g/mol. The van der Waals surface area contributed by atoms with E-state index in [-0.39, 0.29) is 12.6 Å². The van der Waals surface area contributed by atoms with Gasteiger partial charge in [-0.3, -0.25) is 9.88 Å². The van der Waals surface area contributed by atoms with Crippen LogP contribution in [-0.2, 0) is 14.3 Å². The summed E-state index contributed by atoms with van der Waals surface area (Å²) in [6.07, 6.45) is 5.02. The van der Waals surface area contributed by atoms with E-state index in [1.807, 2.05) is 51.1 Å². The van der Waals surface area contributed by atoms with E-state index < -0.39 is 17.2 Å². The molecular weight excluding hydrogens is 478 g/mol. The molecule has 3 aromatic rings. The molecule has 2 heterocycles.